The molecule has 2 amide bonds. The van der Waals surface area contributed by atoms with Gasteiger partial charge in [0.05, 0.1) is 11.8 Å². The molecule has 3 aliphatic rings. The number of hydrogen-bond acceptors (Lipinski definition) is 3. The summed E-state index contributed by atoms with van der Waals surface area (Å²) < 4.78 is 0. The second kappa shape index (κ2) is 5.69. The van der Waals surface area contributed by atoms with Gasteiger partial charge in [0.15, 0.2) is 0 Å². The van der Waals surface area contributed by atoms with Crippen molar-refractivity contribution in [2.45, 2.75) is 58.8 Å². The second-order valence-corrected chi connectivity index (χ2v) is 9.81. The Bertz CT molecular complexity index is 758. The van der Waals surface area contributed by atoms with Gasteiger partial charge in [-0.3, -0.25) is 9.59 Å². The number of imide groups is 1. The van der Waals surface area contributed by atoms with Crippen LogP contribution in [0.4, 0.5) is 0 Å². The standard InChI is InChI=1S/C21H31N3O2/c1-11-9-15-17-16(19(25)24(20(17)26)23(5)6)14-10-12(21(2,3)4)7-8-13(14)18(15)22-11/h9,12-14,16-17,22H,7-8,10H2,1-6H3/t12?,13-,14+,16+,17-/m1/s1. The van der Waals surface area contributed by atoms with E-state index in [0.29, 0.717) is 11.8 Å². The lowest BCUT2D eigenvalue weighted by Crippen LogP contribution is -2.44. The van der Waals surface area contributed by atoms with Crippen LogP contribution >= 0.6 is 0 Å². The maximum absolute atomic E-state index is 13.3. The topological polar surface area (TPSA) is 56.4 Å². The first-order chi connectivity index (χ1) is 12.1. The van der Waals surface area contributed by atoms with Crippen LogP contribution in [0.1, 0.15) is 68.8 Å². The summed E-state index contributed by atoms with van der Waals surface area (Å²) in [5.74, 6) is 0.647. The van der Waals surface area contributed by atoms with E-state index in [9.17, 15) is 9.59 Å². The maximum atomic E-state index is 13.3. The average molecular weight is 357 g/mol. The number of fused-ring (bicyclic) bond motifs is 6. The summed E-state index contributed by atoms with van der Waals surface area (Å²) in [6, 6.07) is 2.10. The van der Waals surface area contributed by atoms with Crippen LogP contribution in [0.3, 0.4) is 0 Å². The molecular formula is C21H31N3O2. The zero-order valence-electron chi connectivity index (χ0n) is 16.8. The highest BCUT2D eigenvalue weighted by atomic mass is 16.2. The minimum atomic E-state index is -0.315. The lowest BCUT2D eigenvalue weighted by molar-refractivity contribution is -0.154. The highest BCUT2D eigenvalue weighted by Gasteiger charge is 2.59. The van der Waals surface area contributed by atoms with E-state index in [0.717, 1.165) is 24.1 Å². The van der Waals surface area contributed by atoms with Gasteiger partial charge in [-0.25, -0.2) is 10.0 Å². The summed E-state index contributed by atoms with van der Waals surface area (Å²) in [4.78, 5) is 30.0. The monoisotopic (exact) mass is 357 g/mol. The number of nitrogens with zero attached hydrogens (tertiary/aromatic N) is 2. The molecule has 0 aromatic carbocycles. The van der Waals surface area contributed by atoms with E-state index in [1.165, 1.54) is 17.1 Å². The Morgan fingerprint density at radius 1 is 1.15 bits per heavy atom. The third-order valence-corrected chi connectivity index (χ3v) is 7.03. The summed E-state index contributed by atoms with van der Waals surface area (Å²) in [5.41, 5.74) is 3.63. The van der Waals surface area contributed by atoms with Crippen molar-refractivity contribution in [2.75, 3.05) is 14.1 Å². The van der Waals surface area contributed by atoms with Crippen molar-refractivity contribution in [1.29, 1.82) is 0 Å². The van der Waals surface area contributed by atoms with Gasteiger partial charge >= 0.3 is 0 Å². The quantitative estimate of drug-likeness (QED) is 0.784. The van der Waals surface area contributed by atoms with Crippen LogP contribution in [0.5, 0.6) is 0 Å². The van der Waals surface area contributed by atoms with Crippen molar-refractivity contribution in [1.82, 2.24) is 15.0 Å². The van der Waals surface area contributed by atoms with Crippen molar-refractivity contribution in [3.05, 3.63) is 23.0 Å². The molecule has 1 saturated carbocycles. The third kappa shape index (κ3) is 2.39. The number of hydrazine groups is 1. The van der Waals surface area contributed by atoms with Crippen LogP contribution in [-0.2, 0) is 9.59 Å². The van der Waals surface area contributed by atoms with Gasteiger partial charge in [0, 0.05) is 31.4 Å². The molecule has 5 heteroatoms. The summed E-state index contributed by atoms with van der Waals surface area (Å²) >= 11 is 0. The minimum absolute atomic E-state index is 0.000868. The molecule has 2 heterocycles. The fourth-order valence-corrected chi connectivity index (χ4v) is 5.77. The molecule has 2 aliphatic carbocycles. The summed E-state index contributed by atoms with van der Waals surface area (Å²) in [6.45, 7) is 8.96. The Labute approximate surface area is 156 Å². The van der Waals surface area contributed by atoms with Gasteiger partial charge in [0.25, 0.3) is 5.91 Å². The van der Waals surface area contributed by atoms with Crippen molar-refractivity contribution < 1.29 is 9.59 Å². The van der Waals surface area contributed by atoms with E-state index in [1.807, 2.05) is 6.92 Å². The molecular weight excluding hydrogens is 326 g/mol. The van der Waals surface area contributed by atoms with Crippen LogP contribution in [0.15, 0.2) is 6.07 Å². The first-order valence-electron chi connectivity index (χ1n) is 9.85. The number of hydrogen-bond donors (Lipinski definition) is 1. The summed E-state index contributed by atoms with van der Waals surface area (Å²) in [6.07, 6.45) is 3.33. The molecule has 0 radical (unpaired) electrons. The normalized spacial score (nSPS) is 34.1. The van der Waals surface area contributed by atoms with Crippen LogP contribution in [0, 0.1) is 30.1 Å². The number of aromatic nitrogens is 1. The van der Waals surface area contributed by atoms with Crippen molar-refractivity contribution in [3.8, 4) is 0 Å². The van der Waals surface area contributed by atoms with E-state index >= 15 is 0 Å². The molecule has 4 rings (SSSR count). The summed E-state index contributed by atoms with van der Waals surface area (Å²) in [5, 5.41) is 3.03. The Morgan fingerprint density at radius 2 is 1.85 bits per heavy atom. The lowest BCUT2D eigenvalue weighted by atomic mass is 9.57. The van der Waals surface area contributed by atoms with E-state index < -0.39 is 0 Å². The molecule has 26 heavy (non-hydrogen) atoms. The van der Waals surface area contributed by atoms with Crippen LogP contribution < -0.4 is 0 Å². The number of amides is 2. The van der Waals surface area contributed by atoms with Gasteiger partial charge in [-0.05, 0) is 55.1 Å². The molecule has 1 unspecified atom stereocenters. The van der Waals surface area contributed by atoms with Gasteiger partial charge in [0.1, 0.15) is 0 Å². The van der Waals surface area contributed by atoms with Gasteiger partial charge in [-0.1, -0.05) is 20.8 Å². The molecule has 5 nitrogen and oxygen atoms in total. The molecule has 1 aromatic rings. The van der Waals surface area contributed by atoms with Gasteiger partial charge in [0.2, 0.25) is 5.91 Å². The van der Waals surface area contributed by atoms with Crippen LogP contribution in [0.2, 0.25) is 0 Å². The number of carbonyl (C=O) groups is 2. The minimum Gasteiger partial charge on any atom is -0.362 e. The predicted octanol–water partition coefficient (Wildman–Crippen LogP) is 3.43. The largest absolute Gasteiger partial charge is 0.362 e. The number of H-pyrrole nitrogens is 1. The van der Waals surface area contributed by atoms with E-state index in [1.54, 1.807) is 19.1 Å². The number of aryl methyl sites for hydroxylation is 1. The van der Waals surface area contributed by atoms with Crippen molar-refractivity contribution in [2.24, 2.45) is 23.2 Å². The molecule has 142 valence electrons. The first kappa shape index (κ1) is 17.8. The molecule has 5 atom stereocenters. The maximum Gasteiger partial charge on any atom is 0.252 e. The molecule has 2 fully saturated rings. The molecule has 0 spiro atoms. The van der Waals surface area contributed by atoms with E-state index in [2.05, 4.69) is 31.8 Å². The zero-order valence-corrected chi connectivity index (χ0v) is 16.8. The van der Waals surface area contributed by atoms with Crippen LogP contribution in [-0.4, -0.2) is 40.9 Å². The van der Waals surface area contributed by atoms with Crippen molar-refractivity contribution in [3.63, 3.8) is 0 Å². The van der Waals surface area contributed by atoms with Crippen LogP contribution in [0.25, 0.3) is 0 Å². The Balaban J connectivity index is 1.81. The molecule has 0 bridgehead atoms. The second-order valence-electron chi connectivity index (χ2n) is 9.81. The fourth-order valence-electron chi connectivity index (χ4n) is 5.77. The van der Waals surface area contributed by atoms with Gasteiger partial charge in [-0.2, -0.15) is 0 Å². The van der Waals surface area contributed by atoms with Gasteiger partial charge < -0.3 is 4.98 Å². The van der Waals surface area contributed by atoms with E-state index in [-0.39, 0.29) is 35.0 Å². The average Bonchev–Trinajstić information content (AvgIpc) is 3.03. The fraction of sp³-hybridized carbons (Fsp3) is 0.714. The first-order valence-corrected chi connectivity index (χ1v) is 9.85. The highest BCUT2D eigenvalue weighted by molar-refractivity contribution is 6.08. The SMILES string of the molecule is Cc1cc2c([nH]1)[C@@H]1CCC(C(C)(C)C)C[C@@H]1[C@@H]1C(=O)N(N(C)C)C(=O)[C@H]21. The smallest absolute Gasteiger partial charge is 0.252 e. The van der Waals surface area contributed by atoms with Crippen molar-refractivity contribution >= 4 is 11.8 Å². The Hall–Kier alpha value is -1.62. The number of carbonyl (C=O) groups excluding carboxylic acids is 2. The molecule has 1 aromatic heterocycles. The van der Waals surface area contributed by atoms with E-state index in [4.69, 9.17) is 0 Å². The van der Waals surface area contributed by atoms with Gasteiger partial charge in [-0.15, -0.1) is 0 Å². The molecule has 1 N–H and O–H groups in total. The lowest BCUT2D eigenvalue weighted by Gasteiger charge is -2.46. The zero-order chi connectivity index (χ0) is 19.0. The molecule has 1 aliphatic heterocycles. The Morgan fingerprint density at radius 3 is 2.46 bits per heavy atom. The number of aromatic amines is 1. The molecule has 1 saturated heterocycles. The Kier molecular flexibility index (Phi) is 3.89. The highest BCUT2D eigenvalue weighted by Crippen LogP contribution is 2.58. The summed E-state index contributed by atoms with van der Waals surface area (Å²) in [7, 11) is 3.57. The number of rotatable bonds is 1. The third-order valence-electron chi connectivity index (χ3n) is 7.03. The number of nitrogens with one attached hydrogen (secondary N) is 1. The predicted molar refractivity (Wildman–Crippen MR) is 100 cm³/mol.